The zero-order valence-electron chi connectivity index (χ0n) is 53.2. The van der Waals surface area contributed by atoms with Gasteiger partial charge in [-0.3, -0.25) is 19.2 Å². The lowest BCUT2D eigenvalue weighted by Crippen LogP contribution is -2.09. The van der Waals surface area contributed by atoms with E-state index in [4.69, 9.17) is 0 Å². The van der Waals surface area contributed by atoms with Crippen molar-refractivity contribution < 1.29 is 39.6 Å². The lowest BCUT2D eigenvalue weighted by Gasteiger charge is -2.20. The summed E-state index contributed by atoms with van der Waals surface area (Å²) in [6, 6.07) is 13.7. The molecule has 4 N–H and O–H groups in total. The minimum atomic E-state index is -0.0838. The van der Waals surface area contributed by atoms with Gasteiger partial charge in [0.1, 0.15) is 23.0 Å². The molecule has 0 aromatic heterocycles. The smallest absolute Gasteiger partial charge is 0.162 e. The van der Waals surface area contributed by atoms with E-state index in [0.717, 1.165) is 103 Å². The molecule has 4 aromatic carbocycles. The number of hydrogen-bond donors (Lipinski definition) is 4. The van der Waals surface area contributed by atoms with Gasteiger partial charge in [-0.05, 0) is 119 Å². The second kappa shape index (κ2) is 40.2. The molecule has 0 unspecified atom stereocenters. The molecular formula is C76H112O8. The molecule has 84 heavy (non-hydrogen) atoms. The largest absolute Gasteiger partial charge is 0.507 e. The molecule has 0 amide bonds. The number of carbonyl (C=O) groups is 4. The number of phenols is 4. The van der Waals surface area contributed by atoms with Gasteiger partial charge in [0.05, 0.1) is 0 Å². The average Bonchev–Trinajstić information content (AvgIpc) is 3.68. The molecule has 0 aliphatic heterocycles. The Kier molecular flexibility index (Phi) is 33.3. The van der Waals surface area contributed by atoms with Crippen LogP contribution in [0.1, 0.15) is 370 Å². The van der Waals surface area contributed by atoms with E-state index >= 15 is 0 Å². The van der Waals surface area contributed by atoms with Gasteiger partial charge in [-0.1, -0.05) is 233 Å². The minimum Gasteiger partial charge on any atom is -0.507 e. The molecule has 0 saturated heterocycles. The molecule has 8 bridgehead atoms. The van der Waals surface area contributed by atoms with Crippen LogP contribution in [-0.4, -0.2) is 43.6 Å². The molecule has 0 saturated carbocycles. The van der Waals surface area contributed by atoms with E-state index in [1.165, 1.54) is 128 Å². The van der Waals surface area contributed by atoms with Crippen molar-refractivity contribution in [1.29, 1.82) is 0 Å². The highest BCUT2D eigenvalue weighted by Gasteiger charge is 2.25. The van der Waals surface area contributed by atoms with Crippen molar-refractivity contribution in [3.05, 3.63) is 115 Å². The van der Waals surface area contributed by atoms with Gasteiger partial charge in [0, 0.05) is 73.6 Å². The molecule has 0 fully saturated rings. The molecule has 464 valence electrons. The van der Waals surface area contributed by atoms with Gasteiger partial charge >= 0.3 is 0 Å². The van der Waals surface area contributed by atoms with Gasteiger partial charge in [-0.2, -0.15) is 0 Å². The second-order valence-electron chi connectivity index (χ2n) is 25.3. The minimum absolute atomic E-state index is 0.0149. The molecule has 1 aliphatic rings. The first kappa shape index (κ1) is 69.5. The second-order valence-corrected chi connectivity index (χ2v) is 25.3. The number of Topliss-reactive ketones (excluding diaryl/α,β-unsaturated/α-hetero) is 4. The predicted octanol–water partition coefficient (Wildman–Crippen LogP) is 21.6. The van der Waals surface area contributed by atoms with Crippen LogP contribution in [0, 0.1) is 0 Å². The average molecular weight is 1150 g/mol. The highest BCUT2D eigenvalue weighted by Crippen LogP contribution is 2.40. The fourth-order valence-corrected chi connectivity index (χ4v) is 12.5. The van der Waals surface area contributed by atoms with Gasteiger partial charge in [-0.15, -0.1) is 0 Å². The van der Waals surface area contributed by atoms with Crippen LogP contribution < -0.4 is 0 Å². The van der Waals surface area contributed by atoms with Crippen LogP contribution in [0.4, 0.5) is 0 Å². The zero-order valence-corrected chi connectivity index (χ0v) is 53.2. The van der Waals surface area contributed by atoms with E-state index < -0.39 is 0 Å². The number of aromatic hydroxyl groups is 4. The summed E-state index contributed by atoms with van der Waals surface area (Å²) in [5, 5.41) is 49.6. The van der Waals surface area contributed by atoms with E-state index in [1.54, 1.807) is 48.5 Å². The number of fused-ring (bicyclic) bond motifs is 8. The molecule has 4 aromatic rings. The van der Waals surface area contributed by atoms with Crippen LogP contribution in [-0.2, 0) is 25.7 Å². The Bertz CT molecular complexity index is 2170. The van der Waals surface area contributed by atoms with Crippen LogP contribution in [0.25, 0.3) is 0 Å². The van der Waals surface area contributed by atoms with Crippen LogP contribution in [0.5, 0.6) is 23.0 Å². The molecule has 0 atom stereocenters. The number of carbonyl (C=O) groups excluding carboxylic acids is 4. The van der Waals surface area contributed by atoms with Gasteiger partial charge in [0.25, 0.3) is 0 Å². The summed E-state index contributed by atoms with van der Waals surface area (Å²) in [6.07, 6.45) is 41.6. The third-order valence-electron chi connectivity index (χ3n) is 17.9. The van der Waals surface area contributed by atoms with Gasteiger partial charge in [-0.25, -0.2) is 0 Å². The van der Waals surface area contributed by atoms with E-state index in [1.807, 2.05) is 0 Å². The number of ketones is 4. The Hall–Kier alpha value is -5.24. The zero-order chi connectivity index (χ0) is 60.3. The lowest BCUT2D eigenvalue weighted by molar-refractivity contribution is 0.0971. The van der Waals surface area contributed by atoms with E-state index in [9.17, 15) is 39.6 Å². The fraction of sp³-hybridized carbons (Fsp3) is 0.632. The molecule has 8 nitrogen and oxygen atoms in total. The van der Waals surface area contributed by atoms with Crippen LogP contribution in [0.2, 0.25) is 0 Å². The Balaban J connectivity index is 1.56. The molecular weight excluding hydrogens is 1040 g/mol. The van der Waals surface area contributed by atoms with Crippen LogP contribution >= 0.6 is 0 Å². The van der Waals surface area contributed by atoms with Crippen molar-refractivity contribution in [2.75, 3.05) is 0 Å². The van der Waals surface area contributed by atoms with Crippen molar-refractivity contribution in [2.45, 2.75) is 310 Å². The SMILES string of the molecule is CCCCCCCCCCCC(=O)c1cc2c(O)c(c1)Cc1cc(C(=O)CCCCCCCCCCC)cc(c1O)Cc1cc(C(=O)CCCCCCCCCCC)cc(c1O)Cc1cc(C(=O)CCCCCCCCCCC)cc(c1O)C2. The summed E-state index contributed by atoms with van der Waals surface area (Å²) in [6.45, 7) is 8.90. The highest BCUT2D eigenvalue weighted by atomic mass is 16.3. The van der Waals surface area contributed by atoms with Crippen LogP contribution in [0.15, 0.2) is 48.5 Å². The molecule has 0 heterocycles. The van der Waals surface area contributed by atoms with E-state index in [-0.39, 0.29) is 71.8 Å². The summed E-state index contributed by atoms with van der Waals surface area (Å²) < 4.78 is 0. The normalized spacial score (nSPS) is 12.2. The number of hydrogen-bond acceptors (Lipinski definition) is 8. The number of unbranched alkanes of at least 4 members (excludes halogenated alkanes) is 32. The number of rotatable bonds is 44. The van der Waals surface area contributed by atoms with E-state index in [2.05, 4.69) is 27.7 Å². The monoisotopic (exact) mass is 1150 g/mol. The highest BCUT2D eigenvalue weighted by molar-refractivity contribution is 5.99. The summed E-state index contributed by atoms with van der Waals surface area (Å²) in [7, 11) is 0. The molecule has 0 spiro atoms. The Labute approximate surface area is 508 Å². The Morgan fingerprint density at radius 3 is 0.512 bits per heavy atom. The fourth-order valence-electron chi connectivity index (χ4n) is 12.5. The third-order valence-corrected chi connectivity index (χ3v) is 17.9. The summed E-state index contributed by atoms with van der Waals surface area (Å²) in [4.78, 5) is 57.3. The maximum Gasteiger partial charge on any atom is 0.162 e. The maximum absolute atomic E-state index is 14.3. The molecule has 1 aliphatic carbocycles. The van der Waals surface area contributed by atoms with Gasteiger partial charge in [0.2, 0.25) is 0 Å². The first-order chi connectivity index (χ1) is 40.9. The van der Waals surface area contributed by atoms with Crippen molar-refractivity contribution in [3.8, 4) is 23.0 Å². The first-order valence-corrected chi connectivity index (χ1v) is 34.4. The summed E-state index contributed by atoms with van der Waals surface area (Å²) in [5.41, 5.74) is 4.85. The first-order valence-electron chi connectivity index (χ1n) is 34.4. The van der Waals surface area contributed by atoms with Crippen LogP contribution in [0.3, 0.4) is 0 Å². The van der Waals surface area contributed by atoms with Crippen molar-refractivity contribution in [1.82, 2.24) is 0 Å². The van der Waals surface area contributed by atoms with Gasteiger partial charge < -0.3 is 20.4 Å². The summed E-state index contributed by atoms with van der Waals surface area (Å²) >= 11 is 0. The van der Waals surface area contributed by atoms with Crippen molar-refractivity contribution >= 4 is 23.1 Å². The number of phenolic OH excluding ortho intramolecular Hbond substituents is 4. The number of benzene rings is 4. The quantitative estimate of drug-likeness (QED) is 0.0223. The Morgan fingerprint density at radius 1 is 0.238 bits per heavy atom. The lowest BCUT2D eigenvalue weighted by atomic mass is 9.86. The maximum atomic E-state index is 14.3. The molecule has 0 radical (unpaired) electrons. The predicted molar refractivity (Wildman–Crippen MR) is 348 cm³/mol. The molecule has 8 heteroatoms. The summed E-state index contributed by atoms with van der Waals surface area (Å²) in [5.74, 6) is -0.570. The van der Waals surface area contributed by atoms with Crippen molar-refractivity contribution in [3.63, 3.8) is 0 Å². The van der Waals surface area contributed by atoms with E-state index in [0.29, 0.717) is 92.4 Å². The third kappa shape index (κ3) is 24.3. The van der Waals surface area contributed by atoms with Crippen molar-refractivity contribution in [2.24, 2.45) is 0 Å². The van der Waals surface area contributed by atoms with Gasteiger partial charge in [0.15, 0.2) is 23.1 Å². The Morgan fingerprint density at radius 2 is 0.369 bits per heavy atom. The topological polar surface area (TPSA) is 149 Å². The standard InChI is InChI=1S/C76H112O8/c1-5-9-13-17-21-25-29-33-37-41-69(77)57-45-61-53-63-47-58(70(78)42-38-34-30-26-22-18-14-10-6-2)49-65(74(63)82)55-67-51-60(72(80)44-40-36-32-28-24-20-16-12-8-4)52-68(76(67)84)56-66-50-59(48-64(75(66)83)54-62(46-57)73(61)81)71(79)43-39-35-31-27-23-19-15-11-7-3/h45-52,81-84H,5-44,53-56H2,1-4H3. The molecule has 5 rings (SSSR count).